The van der Waals surface area contributed by atoms with Crippen molar-refractivity contribution in [1.29, 1.82) is 0 Å². The Morgan fingerprint density at radius 2 is 2.18 bits per heavy atom. The van der Waals surface area contributed by atoms with Crippen LogP contribution in [-0.4, -0.2) is 30.6 Å². The van der Waals surface area contributed by atoms with Crippen molar-refractivity contribution in [1.82, 2.24) is 9.79 Å². The number of anilines is 2. The smallest absolute Gasteiger partial charge is 0.182 e. The average Bonchev–Trinajstić information content (AvgIpc) is 2.50. The topological polar surface area (TPSA) is 28.2 Å². The molecule has 1 N–H and O–H groups in total. The average molecular weight is 309 g/mol. The number of aromatic nitrogens is 1. The van der Waals surface area contributed by atoms with Crippen LogP contribution in [0.1, 0.15) is 22.3 Å². The standard InChI is InChI=1S/C17H20BN3S/c1-12-7-16(4-3-14(12)11-22-2)20-17-8-15-10-21(18)6-5-13(15)9-19-17/h3-4,7-9H,5-6,10-11H2,1-2H3,(H,19,20). The fourth-order valence-electron chi connectivity index (χ4n) is 2.77. The molecule has 0 aliphatic carbocycles. The number of rotatable bonds is 4. The molecule has 2 aromatic rings. The third-order valence-electron chi connectivity index (χ3n) is 4.04. The van der Waals surface area contributed by atoms with Gasteiger partial charge in [0.25, 0.3) is 0 Å². The lowest BCUT2D eigenvalue weighted by atomic mass is 10.00. The zero-order valence-electron chi connectivity index (χ0n) is 13.1. The number of benzene rings is 1. The van der Waals surface area contributed by atoms with Crippen LogP contribution in [0.5, 0.6) is 0 Å². The van der Waals surface area contributed by atoms with Crippen molar-refractivity contribution in [2.45, 2.75) is 25.6 Å². The van der Waals surface area contributed by atoms with Crippen LogP contribution >= 0.6 is 11.8 Å². The maximum Gasteiger partial charge on any atom is 0.182 e. The predicted octanol–water partition coefficient (Wildman–Crippen LogP) is 3.44. The molecule has 1 aromatic carbocycles. The highest BCUT2D eigenvalue weighted by Crippen LogP contribution is 2.24. The van der Waals surface area contributed by atoms with Gasteiger partial charge in [0.1, 0.15) is 5.82 Å². The molecule has 0 bridgehead atoms. The number of fused-ring (bicyclic) bond motifs is 1. The number of hydrogen-bond acceptors (Lipinski definition) is 4. The second-order valence-corrected chi connectivity index (χ2v) is 6.62. The summed E-state index contributed by atoms with van der Waals surface area (Å²) in [6, 6.07) is 8.60. The van der Waals surface area contributed by atoms with E-state index < -0.39 is 0 Å². The molecule has 0 amide bonds. The van der Waals surface area contributed by atoms with Crippen LogP contribution < -0.4 is 5.32 Å². The van der Waals surface area contributed by atoms with Gasteiger partial charge in [0.2, 0.25) is 0 Å². The summed E-state index contributed by atoms with van der Waals surface area (Å²) in [5.41, 5.74) is 6.34. The van der Waals surface area contributed by atoms with Crippen molar-refractivity contribution in [3.8, 4) is 0 Å². The Labute approximate surface area is 137 Å². The molecule has 3 nitrogen and oxygen atoms in total. The molecule has 22 heavy (non-hydrogen) atoms. The zero-order chi connectivity index (χ0) is 15.5. The number of aryl methyl sites for hydroxylation is 1. The molecule has 0 atom stereocenters. The largest absolute Gasteiger partial charge is 0.350 e. The minimum atomic E-state index is 0.790. The van der Waals surface area contributed by atoms with Crippen molar-refractivity contribution in [2.75, 3.05) is 18.1 Å². The van der Waals surface area contributed by atoms with Crippen LogP contribution in [0, 0.1) is 6.92 Å². The molecular formula is C17H20BN3S. The quantitative estimate of drug-likeness (QED) is 0.876. The van der Waals surface area contributed by atoms with Crippen LogP contribution in [0.2, 0.25) is 0 Å². The van der Waals surface area contributed by atoms with Gasteiger partial charge in [0.15, 0.2) is 7.98 Å². The highest BCUT2D eigenvalue weighted by molar-refractivity contribution is 7.97. The maximum absolute atomic E-state index is 5.91. The highest BCUT2D eigenvalue weighted by atomic mass is 32.2. The number of thioether (sulfide) groups is 1. The fraction of sp³-hybridized carbons (Fsp3) is 0.353. The van der Waals surface area contributed by atoms with E-state index in [1.54, 1.807) is 0 Å². The van der Waals surface area contributed by atoms with E-state index in [0.717, 1.165) is 36.8 Å². The number of hydrogen-bond donors (Lipinski definition) is 1. The van der Waals surface area contributed by atoms with E-state index in [1.807, 2.05) is 22.8 Å². The van der Waals surface area contributed by atoms with Crippen LogP contribution in [0.25, 0.3) is 0 Å². The lowest BCUT2D eigenvalue weighted by Gasteiger charge is -2.25. The second-order valence-electron chi connectivity index (χ2n) is 5.76. The molecule has 2 radical (unpaired) electrons. The van der Waals surface area contributed by atoms with Crippen molar-refractivity contribution >= 4 is 31.2 Å². The summed E-state index contributed by atoms with van der Waals surface area (Å²) in [6.07, 6.45) is 5.07. The maximum atomic E-state index is 5.91. The Bertz CT molecular complexity index is 675. The van der Waals surface area contributed by atoms with Gasteiger partial charge in [-0.25, -0.2) is 4.98 Å². The molecule has 0 fully saturated rings. The first-order chi connectivity index (χ1) is 10.7. The Balaban J connectivity index is 1.78. The summed E-state index contributed by atoms with van der Waals surface area (Å²) >= 11 is 1.85. The van der Waals surface area contributed by atoms with Crippen molar-refractivity contribution in [3.05, 3.63) is 52.7 Å². The molecule has 0 saturated carbocycles. The molecule has 1 aliphatic rings. The number of nitrogens with one attached hydrogen (secondary N) is 1. The minimum absolute atomic E-state index is 0.790. The summed E-state index contributed by atoms with van der Waals surface area (Å²) in [5.74, 6) is 1.93. The zero-order valence-corrected chi connectivity index (χ0v) is 13.9. The molecule has 0 saturated heterocycles. The summed E-state index contributed by atoms with van der Waals surface area (Å²) < 4.78 is 0. The van der Waals surface area contributed by atoms with Crippen molar-refractivity contribution in [2.24, 2.45) is 0 Å². The van der Waals surface area contributed by atoms with E-state index in [9.17, 15) is 0 Å². The summed E-state index contributed by atoms with van der Waals surface area (Å²) in [4.78, 5) is 6.38. The third-order valence-corrected chi connectivity index (χ3v) is 4.64. The van der Waals surface area contributed by atoms with Gasteiger partial charge >= 0.3 is 0 Å². The van der Waals surface area contributed by atoms with Crippen molar-refractivity contribution < 1.29 is 0 Å². The van der Waals surface area contributed by atoms with Gasteiger partial charge in [0.05, 0.1) is 0 Å². The van der Waals surface area contributed by atoms with E-state index >= 15 is 0 Å². The van der Waals surface area contributed by atoms with Gasteiger partial charge in [-0.05, 0) is 66.6 Å². The van der Waals surface area contributed by atoms with Gasteiger partial charge in [0, 0.05) is 24.2 Å². The molecule has 2 heterocycles. The van der Waals surface area contributed by atoms with E-state index in [4.69, 9.17) is 7.98 Å². The van der Waals surface area contributed by atoms with Gasteiger partial charge in [-0.1, -0.05) is 6.07 Å². The minimum Gasteiger partial charge on any atom is -0.350 e. The monoisotopic (exact) mass is 309 g/mol. The van der Waals surface area contributed by atoms with E-state index in [1.165, 1.54) is 22.3 Å². The van der Waals surface area contributed by atoms with Gasteiger partial charge in [-0.3, -0.25) is 0 Å². The lowest BCUT2D eigenvalue weighted by Crippen LogP contribution is -2.28. The van der Waals surface area contributed by atoms with E-state index in [-0.39, 0.29) is 0 Å². The van der Waals surface area contributed by atoms with Crippen LogP contribution in [0.4, 0.5) is 11.5 Å². The van der Waals surface area contributed by atoms with E-state index in [2.05, 4.69) is 47.7 Å². The van der Waals surface area contributed by atoms with E-state index in [0.29, 0.717) is 0 Å². The van der Waals surface area contributed by atoms with Gasteiger partial charge in [-0.2, -0.15) is 11.8 Å². The first-order valence-electron chi connectivity index (χ1n) is 7.48. The normalized spacial score (nSPS) is 14.6. The Kier molecular flexibility index (Phi) is 4.74. The molecule has 1 aromatic heterocycles. The first kappa shape index (κ1) is 15.4. The highest BCUT2D eigenvalue weighted by Gasteiger charge is 2.13. The number of nitrogens with zero attached hydrogens (tertiary/aromatic N) is 2. The second kappa shape index (κ2) is 6.76. The molecule has 112 valence electrons. The lowest BCUT2D eigenvalue weighted by molar-refractivity contribution is 0.426. The molecule has 0 spiro atoms. The first-order valence-corrected chi connectivity index (χ1v) is 8.88. The third kappa shape index (κ3) is 3.47. The van der Waals surface area contributed by atoms with Crippen molar-refractivity contribution in [3.63, 3.8) is 0 Å². The van der Waals surface area contributed by atoms with Crippen LogP contribution in [0.15, 0.2) is 30.5 Å². The Hall–Kier alpha value is -1.46. The molecule has 5 heteroatoms. The summed E-state index contributed by atoms with van der Waals surface area (Å²) in [5, 5.41) is 3.40. The Morgan fingerprint density at radius 3 is 2.95 bits per heavy atom. The summed E-state index contributed by atoms with van der Waals surface area (Å²) in [7, 11) is 5.91. The summed E-state index contributed by atoms with van der Waals surface area (Å²) in [6.45, 7) is 3.85. The molecule has 1 aliphatic heterocycles. The number of pyridine rings is 1. The predicted molar refractivity (Wildman–Crippen MR) is 95.8 cm³/mol. The molecular weight excluding hydrogens is 289 g/mol. The molecule has 3 rings (SSSR count). The van der Waals surface area contributed by atoms with Crippen LogP contribution in [0.3, 0.4) is 0 Å². The van der Waals surface area contributed by atoms with Crippen LogP contribution in [-0.2, 0) is 18.7 Å². The SMILES string of the molecule is [B]N1CCc2cnc(Nc3ccc(CSC)c(C)c3)cc2C1. The molecule has 0 unspecified atom stereocenters. The van der Waals surface area contributed by atoms with Gasteiger partial charge in [-0.15, -0.1) is 0 Å². The Morgan fingerprint density at radius 1 is 1.32 bits per heavy atom. The fourth-order valence-corrected chi connectivity index (χ4v) is 3.40. The van der Waals surface area contributed by atoms with Gasteiger partial charge < -0.3 is 10.1 Å².